The highest BCUT2D eigenvalue weighted by atomic mass is 16.3. The van der Waals surface area contributed by atoms with E-state index in [1.807, 2.05) is 18.2 Å². The van der Waals surface area contributed by atoms with Crippen LogP contribution in [-0.2, 0) is 6.54 Å². The van der Waals surface area contributed by atoms with Gasteiger partial charge in [-0.1, -0.05) is 12.1 Å². The van der Waals surface area contributed by atoms with Crippen LogP contribution < -0.4 is 5.32 Å². The monoisotopic (exact) mass is 234 g/mol. The Balaban J connectivity index is 1.69. The summed E-state index contributed by atoms with van der Waals surface area (Å²) in [6.07, 6.45) is 2.59. The van der Waals surface area contributed by atoms with E-state index in [4.69, 9.17) is 0 Å². The molecule has 2 N–H and O–H groups in total. The lowest BCUT2D eigenvalue weighted by Crippen LogP contribution is -2.34. The minimum atomic E-state index is 0.351. The van der Waals surface area contributed by atoms with Crippen LogP contribution in [-0.4, -0.2) is 36.7 Å². The summed E-state index contributed by atoms with van der Waals surface area (Å²) in [6.45, 7) is 4.38. The molecule has 1 aliphatic heterocycles. The molecule has 0 spiro atoms. The van der Waals surface area contributed by atoms with Crippen molar-refractivity contribution in [3.63, 3.8) is 0 Å². The van der Waals surface area contributed by atoms with Gasteiger partial charge in [0.2, 0.25) is 0 Å². The molecule has 1 heterocycles. The lowest BCUT2D eigenvalue weighted by Gasteiger charge is -2.29. The summed E-state index contributed by atoms with van der Waals surface area (Å²) in [5.74, 6) is 1.16. The van der Waals surface area contributed by atoms with Gasteiger partial charge in [-0.3, -0.25) is 0 Å². The van der Waals surface area contributed by atoms with Crippen molar-refractivity contribution in [1.82, 2.24) is 10.2 Å². The van der Waals surface area contributed by atoms with Crippen LogP contribution in [0, 0.1) is 5.92 Å². The zero-order valence-corrected chi connectivity index (χ0v) is 10.5. The fraction of sp³-hybridized carbons (Fsp3) is 0.571. The molecule has 0 aromatic heterocycles. The van der Waals surface area contributed by atoms with E-state index >= 15 is 0 Å². The number of rotatable bonds is 4. The van der Waals surface area contributed by atoms with Gasteiger partial charge in [-0.25, -0.2) is 0 Å². The highest BCUT2D eigenvalue weighted by Gasteiger charge is 2.15. The van der Waals surface area contributed by atoms with Crippen LogP contribution in [0.1, 0.15) is 18.4 Å². The molecule has 1 aromatic rings. The lowest BCUT2D eigenvalue weighted by molar-refractivity contribution is 0.216. The highest BCUT2D eigenvalue weighted by molar-refractivity contribution is 5.26. The molecule has 1 aromatic carbocycles. The number of piperidine rings is 1. The average Bonchev–Trinajstić information content (AvgIpc) is 2.32. The Bertz CT molecular complexity index is 346. The molecule has 0 atom stereocenters. The average molecular weight is 234 g/mol. The molecule has 0 saturated carbocycles. The molecule has 0 radical (unpaired) electrons. The lowest BCUT2D eigenvalue weighted by atomic mass is 9.97. The summed E-state index contributed by atoms with van der Waals surface area (Å²) in [7, 11) is 2.19. The number of nitrogens with one attached hydrogen (secondary N) is 1. The maximum absolute atomic E-state index is 9.36. The molecule has 3 heteroatoms. The third kappa shape index (κ3) is 4.02. The van der Waals surface area contributed by atoms with Crippen molar-refractivity contribution >= 4 is 0 Å². The molecule has 0 amide bonds. The van der Waals surface area contributed by atoms with Crippen molar-refractivity contribution in [2.75, 3.05) is 26.7 Å². The number of hydrogen-bond donors (Lipinski definition) is 2. The summed E-state index contributed by atoms with van der Waals surface area (Å²) in [5.41, 5.74) is 1.15. The van der Waals surface area contributed by atoms with Crippen LogP contribution in [0.4, 0.5) is 0 Å². The van der Waals surface area contributed by atoms with Crippen molar-refractivity contribution in [2.45, 2.75) is 19.4 Å². The molecule has 1 saturated heterocycles. The zero-order valence-electron chi connectivity index (χ0n) is 10.5. The molecule has 1 aliphatic rings. The van der Waals surface area contributed by atoms with Crippen LogP contribution in [0.25, 0.3) is 0 Å². The second kappa shape index (κ2) is 6.03. The highest BCUT2D eigenvalue weighted by Crippen LogP contribution is 2.15. The van der Waals surface area contributed by atoms with Gasteiger partial charge < -0.3 is 15.3 Å². The minimum absolute atomic E-state index is 0.351. The maximum Gasteiger partial charge on any atom is 0.115 e. The van der Waals surface area contributed by atoms with Crippen LogP contribution >= 0.6 is 0 Å². The first kappa shape index (κ1) is 12.4. The molecule has 0 aliphatic carbocycles. The SMILES string of the molecule is CN1CCC(CNCc2cccc(O)c2)CC1. The Kier molecular flexibility index (Phi) is 4.40. The van der Waals surface area contributed by atoms with E-state index in [2.05, 4.69) is 17.3 Å². The predicted molar refractivity (Wildman–Crippen MR) is 70.0 cm³/mol. The second-order valence-electron chi connectivity index (χ2n) is 5.05. The van der Waals surface area contributed by atoms with E-state index in [0.29, 0.717) is 5.75 Å². The van der Waals surface area contributed by atoms with Crippen LogP contribution in [0.15, 0.2) is 24.3 Å². The Morgan fingerprint density at radius 3 is 2.82 bits per heavy atom. The first-order chi connectivity index (χ1) is 8.24. The summed E-state index contributed by atoms with van der Waals surface area (Å²) in [6, 6.07) is 7.46. The number of phenols is 1. The zero-order chi connectivity index (χ0) is 12.1. The third-order valence-electron chi connectivity index (χ3n) is 3.51. The third-order valence-corrected chi connectivity index (χ3v) is 3.51. The normalized spacial score (nSPS) is 18.4. The van der Waals surface area contributed by atoms with Gasteiger partial charge in [0.25, 0.3) is 0 Å². The van der Waals surface area contributed by atoms with Gasteiger partial charge in [0.05, 0.1) is 0 Å². The molecule has 0 bridgehead atoms. The first-order valence-electron chi connectivity index (χ1n) is 6.41. The van der Waals surface area contributed by atoms with Gasteiger partial charge in [-0.2, -0.15) is 0 Å². The van der Waals surface area contributed by atoms with Gasteiger partial charge in [-0.05, 0) is 63.1 Å². The molecule has 2 rings (SSSR count). The topological polar surface area (TPSA) is 35.5 Å². The number of phenolic OH excluding ortho intramolecular Hbond substituents is 1. The standard InChI is InChI=1S/C14H22N2O/c1-16-7-5-12(6-8-16)10-15-11-13-3-2-4-14(17)9-13/h2-4,9,12,15,17H,5-8,10-11H2,1H3. The minimum Gasteiger partial charge on any atom is -0.508 e. The Hall–Kier alpha value is -1.06. The van der Waals surface area contributed by atoms with Crippen molar-refractivity contribution in [2.24, 2.45) is 5.92 Å². The number of benzene rings is 1. The quantitative estimate of drug-likeness (QED) is 0.834. The maximum atomic E-state index is 9.36. The van der Waals surface area contributed by atoms with E-state index in [0.717, 1.165) is 24.6 Å². The second-order valence-corrected chi connectivity index (χ2v) is 5.05. The Morgan fingerprint density at radius 2 is 2.12 bits per heavy atom. The van der Waals surface area contributed by atoms with Crippen molar-refractivity contribution in [3.8, 4) is 5.75 Å². The molecule has 94 valence electrons. The van der Waals surface area contributed by atoms with Gasteiger partial charge in [0, 0.05) is 6.54 Å². The van der Waals surface area contributed by atoms with Crippen LogP contribution in [0.2, 0.25) is 0 Å². The molecule has 1 fully saturated rings. The predicted octanol–water partition coefficient (Wildman–Crippen LogP) is 1.82. The van der Waals surface area contributed by atoms with E-state index in [-0.39, 0.29) is 0 Å². The van der Waals surface area contributed by atoms with Crippen LogP contribution in [0.5, 0.6) is 5.75 Å². The van der Waals surface area contributed by atoms with Gasteiger partial charge >= 0.3 is 0 Å². The number of hydrogen-bond acceptors (Lipinski definition) is 3. The number of nitrogens with zero attached hydrogens (tertiary/aromatic N) is 1. The first-order valence-corrected chi connectivity index (χ1v) is 6.41. The van der Waals surface area contributed by atoms with Gasteiger partial charge in [0.1, 0.15) is 5.75 Å². The van der Waals surface area contributed by atoms with Crippen LogP contribution in [0.3, 0.4) is 0 Å². The summed E-state index contributed by atoms with van der Waals surface area (Å²) >= 11 is 0. The largest absolute Gasteiger partial charge is 0.508 e. The summed E-state index contributed by atoms with van der Waals surface area (Å²) in [5, 5.41) is 12.8. The van der Waals surface area contributed by atoms with Crippen molar-refractivity contribution < 1.29 is 5.11 Å². The van der Waals surface area contributed by atoms with Gasteiger partial charge in [-0.15, -0.1) is 0 Å². The van der Waals surface area contributed by atoms with Crippen molar-refractivity contribution in [1.29, 1.82) is 0 Å². The summed E-state index contributed by atoms with van der Waals surface area (Å²) < 4.78 is 0. The molecule has 0 unspecified atom stereocenters. The molecular formula is C14H22N2O. The van der Waals surface area contributed by atoms with Crippen molar-refractivity contribution in [3.05, 3.63) is 29.8 Å². The summed E-state index contributed by atoms with van der Waals surface area (Å²) in [4.78, 5) is 2.39. The number of aromatic hydroxyl groups is 1. The van der Waals surface area contributed by atoms with E-state index in [9.17, 15) is 5.11 Å². The number of likely N-dealkylation sites (tertiary alicyclic amines) is 1. The van der Waals surface area contributed by atoms with Gasteiger partial charge in [0.15, 0.2) is 0 Å². The molecular weight excluding hydrogens is 212 g/mol. The van der Waals surface area contributed by atoms with E-state index < -0.39 is 0 Å². The Labute approximate surface area is 103 Å². The van der Waals surface area contributed by atoms with E-state index in [1.165, 1.54) is 25.9 Å². The smallest absolute Gasteiger partial charge is 0.115 e. The Morgan fingerprint density at radius 1 is 1.35 bits per heavy atom. The molecule has 17 heavy (non-hydrogen) atoms. The van der Waals surface area contributed by atoms with E-state index in [1.54, 1.807) is 6.07 Å². The molecule has 3 nitrogen and oxygen atoms in total. The fourth-order valence-corrected chi connectivity index (χ4v) is 2.35. The fourth-order valence-electron chi connectivity index (χ4n) is 2.35.